The topological polar surface area (TPSA) is 91.6 Å². The van der Waals surface area contributed by atoms with Crippen molar-refractivity contribution < 1.29 is 19.8 Å². The molecule has 0 aliphatic rings. The van der Waals surface area contributed by atoms with Crippen molar-refractivity contribution >= 4 is 29.2 Å². The Morgan fingerprint density at radius 3 is 2.67 bits per heavy atom. The molecule has 2 rings (SSSR count). The lowest BCUT2D eigenvalue weighted by molar-refractivity contribution is 0.0697. The molecule has 0 saturated heterocycles. The number of aromatic carboxylic acids is 1. The Kier molecular flexibility index (Phi) is 4.18. The first-order valence-electron chi connectivity index (χ1n) is 6.15. The van der Waals surface area contributed by atoms with Crippen molar-refractivity contribution in [2.75, 3.05) is 5.32 Å². The van der Waals surface area contributed by atoms with Gasteiger partial charge in [-0.05, 0) is 31.2 Å². The Bertz CT molecular complexity index is 709. The van der Waals surface area contributed by atoms with Crippen molar-refractivity contribution in [2.45, 2.75) is 13.5 Å². The number of carboxylic acid groups (broad SMARTS) is 1. The van der Waals surface area contributed by atoms with Crippen molar-refractivity contribution in [1.29, 1.82) is 0 Å². The van der Waals surface area contributed by atoms with Gasteiger partial charge in [-0.2, -0.15) is 0 Å². The summed E-state index contributed by atoms with van der Waals surface area (Å²) in [5.41, 5.74) is 0.237. The molecular formula is C14H13ClN2O4. The highest BCUT2D eigenvalue weighted by molar-refractivity contribution is 6.31. The van der Waals surface area contributed by atoms with E-state index in [4.69, 9.17) is 16.7 Å². The summed E-state index contributed by atoms with van der Waals surface area (Å²) in [6.45, 7) is 2.41. The van der Waals surface area contributed by atoms with Crippen LogP contribution in [0.25, 0.3) is 0 Å². The number of aryl methyl sites for hydroxylation is 1. The Balaban J connectivity index is 2.33. The first kappa shape index (κ1) is 14.9. The van der Waals surface area contributed by atoms with E-state index >= 15 is 0 Å². The molecule has 7 heteroatoms. The number of benzene rings is 1. The van der Waals surface area contributed by atoms with E-state index in [1.807, 2.05) is 6.92 Å². The smallest absolute Gasteiger partial charge is 0.337 e. The third kappa shape index (κ3) is 3.17. The second kappa shape index (κ2) is 5.88. The van der Waals surface area contributed by atoms with Crippen LogP contribution in [0.15, 0.2) is 30.5 Å². The summed E-state index contributed by atoms with van der Waals surface area (Å²) in [7, 11) is 0. The van der Waals surface area contributed by atoms with E-state index in [-0.39, 0.29) is 17.0 Å². The summed E-state index contributed by atoms with van der Waals surface area (Å²) in [6, 6.07) is 5.20. The summed E-state index contributed by atoms with van der Waals surface area (Å²) >= 11 is 5.87. The quantitative estimate of drug-likeness (QED) is 0.757. The summed E-state index contributed by atoms with van der Waals surface area (Å²) < 4.78 is 1.65. The molecule has 1 heterocycles. The molecule has 0 aliphatic carbocycles. The minimum atomic E-state index is -1.25. The first-order chi connectivity index (χ1) is 9.92. The van der Waals surface area contributed by atoms with Gasteiger partial charge in [0, 0.05) is 12.7 Å². The molecule has 0 radical (unpaired) electrons. The molecule has 0 atom stereocenters. The lowest BCUT2D eigenvalue weighted by atomic mass is 10.1. The normalized spacial score (nSPS) is 10.4. The molecule has 21 heavy (non-hydrogen) atoms. The molecule has 6 nitrogen and oxygen atoms in total. The molecule has 1 aromatic carbocycles. The maximum absolute atomic E-state index is 12.2. The van der Waals surface area contributed by atoms with Crippen molar-refractivity contribution in [3.8, 4) is 5.75 Å². The molecule has 110 valence electrons. The van der Waals surface area contributed by atoms with Crippen LogP contribution in [0.3, 0.4) is 0 Å². The number of phenols is 1. The van der Waals surface area contributed by atoms with Crippen molar-refractivity contribution in [3.63, 3.8) is 0 Å². The zero-order valence-corrected chi connectivity index (χ0v) is 11.9. The number of hydrogen-bond donors (Lipinski definition) is 3. The van der Waals surface area contributed by atoms with Crippen LogP contribution in [0.1, 0.15) is 27.8 Å². The Morgan fingerprint density at radius 2 is 2.05 bits per heavy atom. The fourth-order valence-electron chi connectivity index (χ4n) is 1.93. The van der Waals surface area contributed by atoms with E-state index in [0.717, 1.165) is 6.07 Å². The lowest BCUT2D eigenvalue weighted by Crippen LogP contribution is -2.18. The van der Waals surface area contributed by atoms with E-state index in [1.165, 1.54) is 18.2 Å². The number of carbonyl (C=O) groups excluding carboxylic acids is 1. The molecule has 3 N–H and O–H groups in total. The highest BCUT2D eigenvalue weighted by Gasteiger charge is 2.17. The number of rotatable bonds is 4. The average molecular weight is 309 g/mol. The van der Waals surface area contributed by atoms with Crippen LogP contribution in [0.4, 0.5) is 5.69 Å². The SMILES string of the molecule is CCn1cc(Cl)cc1C(=O)Nc1ccc(O)cc1C(=O)O. The Labute approximate surface area is 125 Å². The van der Waals surface area contributed by atoms with Crippen molar-refractivity contribution in [3.05, 3.63) is 46.7 Å². The lowest BCUT2D eigenvalue weighted by Gasteiger charge is -2.10. The number of carbonyl (C=O) groups is 2. The highest BCUT2D eigenvalue weighted by atomic mass is 35.5. The van der Waals surface area contributed by atoms with Crippen LogP contribution >= 0.6 is 11.6 Å². The van der Waals surface area contributed by atoms with Gasteiger partial charge < -0.3 is 20.1 Å². The molecule has 1 amide bonds. The van der Waals surface area contributed by atoms with Crippen LogP contribution in [0.2, 0.25) is 5.02 Å². The summed E-state index contributed by atoms with van der Waals surface area (Å²) in [5, 5.41) is 21.4. The number of nitrogens with one attached hydrogen (secondary N) is 1. The number of halogens is 1. The molecule has 0 spiro atoms. The molecule has 0 unspecified atom stereocenters. The number of amides is 1. The monoisotopic (exact) mass is 308 g/mol. The van der Waals surface area contributed by atoms with Crippen molar-refractivity contribution in [1.82, 2.24) is 4.57 Å². The number of carboxylic acids is 1. The number of anilines is 1. The first-order valence-corrected chi connectivity index (χ1v) is 6.53. The fourth-order valence-corrected chi connectivity index (χ4v) is 2.15. The molecule has 0 fully saturated rings. The van der Waals surface area contributed by atoms with Gasteiger partial charge >= 0.3 is 5.97 Å². The zero-order valence-electron chi connectivity index (χ0n) is 11.1. The third-order valence-electron chi connectivity index (χ3n) is 2.92. The summed E-state index contributed by atoms with van der Waals surface area (Å²) in [4.78, 5) is 23.4. The van der Waals surface area contributed by atoms with Crippen LogP contribution in [-0.2, 0) is 6.54 Å². The van der Waals surface area contributed by atoms with Gasteiger partial charge in [-0.3, -0.25) is 4.79 Å². The minimum Gasteiger partial charge on any atom is -0.508 e. The van der Waals surface area contributed by atoms with Gasteiger partial charge in [0.2, 0.25) is 0 Å². The predicted molar refractivity (Wildman–Crippen MR) is 78.1 cm³/mol. The van der Waals surface area contributed by atoms with E-state index in [9.17, 15) is 14.7 Å². The third-order valence-corrected chi connectivity index (χ3v) is 3.12. The summed E-state index contributed by atoms with van der Waals surface area (Å²) in [5.74, 6) is -1.91. The fraction of sp³-hybridized carbons (Fsp3) is 0.143. The molecule has 0 aliphatic heterocycles. The van der Waals surface area contributed by atoms with Crippen LogP contribution in [-0.4, -0.2) is 26.7 Å². The Hall–Kier alpha value is -2.47. The maximum Gasteiger partial charge on any atom is 0.337 e. The van der Waals surface area contributed by atoms with E-state index in [0.29, 0.717) is 17.3 Å². The van der Waals surface area contributed by atoms with Crippen LogP contribution < -0.4 is 5.32 Å². The van der Waals surface area contributed by atoms with Gasteiger partial charge in [0.15, 0.2) is 0 Å². The number of aromatic nitrogens is 1. The standard InChI is InChI=1S/C14H13ClN2O4/c1-2-17-7-8(15)5-12(17)13(19)16-11-4-3-9(18)6-10(11)14(20)21/h3-7,18H,2H2,1H3,(H,16,19)(H,20,21). The molecule has 1 aromatic heterocycles. The van der Waals surface area contributed by atoms with E-state index < -0.39 is 11.9 Å². The van der Waals surface area contributed by atoms with Gasteiger partial charge in [-0.25, -0.2) is 4.79 Å². The molecule has 2 aromatic rings. The van der Waals surface area contributed by atoms with Gasteiger partial charge in [-0.1, -0.05) is 11.6 Å². The van der Waals surface area contributed by atoms with E-state index in [2.05, 4.69) is 5.32 Å². The minimum absolute atomic E-state index is 0.102. The second-order valence-corrected chi connectivity index (χ2v) is 4.76. The van der Waals surface area contributed by atoms with Gasteiger partial charge in [-0.15, -0.1) is 0 Å². The zero-order chi connectivity index (χ0) is 15.6. The second-order valence-electron chi connectivity index (χ2n) is 4.32. The highest BCUT2D eigenvalue weighted by Crippen LogP contribution is 2.23. The number of hydrogen-bond acceptors (Lipinski definition) is 3. The molecule has 0 bridgehead atoms. The number of aromatic hydroxyl groups is 1. The number of nitrogens with zero attached hydrogens (tertiary/aromatic N) is 1. The van der Waals surface area contributed by atoms with Crippen LogP contribution in [0.5, 0.6) is 5.75 Å². The predicted octanol–water partition coefficient (Wildman–Crippen LogP) is 2.82. The van der Waals surface area contributed by atoms with Gasteiger partial charge in [0.05, 0.1) is 16.3 Å². The van der Waals surface area contributed by atoms with Crippen LogP contribution in [0, 0.1) is 0 Å². The van der Waals surface area contributed by atoms with Crippen molar-refractivity contribution in [2.24, 2.45) is 0 Å². The van der Waals surface area contributed by atoms with Gasteiger partial charge in [0.1, 0.15) is 11.4 Å². The largest absolute Gasteiger partial charge is 0.508 e. The average Bonchev–Trinajstić information content (AvgIpc) is 2.81. The Morgan fingerprint density at radius 1 is 1.33 bits per heavy atom. The van der Waals surface area contributed by atoms with Gasteiger partial charge in [0.25, 0.3) is 5.91 Å². The molecule has 0 saturated carbocycles. The molecular weight excluding hydrogens is 296 g/mol. The maximum atomic E-state index is 12.2. The number of phenolic OH excluding ortho intramolecular Hbond substituents is 1. The van der Waals surface area contributed by atoms with E-state index in [1.54, 1.807) is 10.8 Å². The summed E-state index contributed by atoms with van der Waals surface area (Å²) in [6.07, 6.45) is 1.62.